The Kier molecular flexibility index (Phi) is 4.38. The van der Waals surface area contributed by atoms with Gasteiger partial charge in [-0.1, -0.05) is 0 Å². The Balaban J connectivity index is 1.54. The van der Waals surface area contributed by atoms with E-state index in [4.69, 9.17) is 10.5 Å². The van der Waals surface area contributed by atoms with Crippen LogP contribution in [0.3, 0.4) is 0 Å². The first kappa shape index (κ1) is 11.3. The van der Waals surface area contributed by atoms with Crippen LogP contribution in [-0.2, 0) is 4.74 Å². The Labute approximate surface area is 92.1 Å². The van der Waals surface area contributed by atoms with Crippen molar-refractivity contribution in [2.75, 3.05) is 39.4 Å². The molecule has 4 nitrogen and oxygen atoms in total. The first-order chi connectivity index (χ1) is 7.34. The number of nitrogens with one attached hydrogen (secondary N) is 1. The highest BCUT2D eigenvalue weighted by Gasteiger charge is 2.21. The van der Waals surface area contributed by atoms with Crippen LogP contribution in [0, 0.1) is 0 Å². The molecule has 4 heteroatoms. The molecular formula is C11H23N3O. The minimum Gasteiger partial charge on any atom is -0.379 e. The van der Waals surface area contributed by atoms with E-state index in [0.29, 0.717) is 12.1 Å². The third kappa shape index (κ3) is 3.72. The molecule has 0 amide bonds. The molecule has 0 spiro atoms. The number of hydrogen-bond acceptors (Lipinski definition) is 4. The summed E-state index contributed by atoms with van der Waals surface area (Å²) in [6.45, 7) is 6.22. The second-order valence-electron chi connectivity index (χ2n) is 4.68. The highest BCUT2D eigenvalue weighted by Crippen LogP contribution is 2.16. The van der Waals surface area contributed by atoms with Crippen molar-refractivity contribution in [3.8, 4) is 0 Å². The SMILES string of the molecule is NC1CCC(NCCN2CCOCC2)C1. The predicted molar refractivity (Wildman–Crippen MR) is 60.9 cm³/mol. The lowest BCUT2D eigenvalue weighted by Gasteiger charge is -2.27. The maximum absolute atomic E-state index is 5.87. The van der Waals surface area contributed by atoms with E-state index in [1.807, 2.05) is 0 Å². The lowest BCUT2D eigenvalue weighted by atomic mass is 10.2. The topological polar surface area (TPSA) is 50.5 Å². The number of hydrogen-bond donors (Lipinski definition) is 2. The lowest BCUT2D eigenvalue weighted by molar-refractivity contribution is 0.0381. The van der Waals surface area contributed by atoms with Gasteiger partial charge in [0.2, 0.25) is 0 Å². The number of rotatable bonds is 4. The molecule has 88 valence electrons. The first-order valence-electron chi connectivity index (χ1n) is 6.13. The van der Waals surface area contributed by atoms with Crippen LogP contribution >= 0.6 is 0 Å². The van der Waals surface area contributed by atoms with Crippen LogP contribution in [0.1, 0.15) is 19.3 Å². The van der Waals surface area contributed by atoms with Crippen LogP contribution in [0.5, 0.6) is 0 Å². The van der Waals surface area contributed by atoms with Crippen LogP contribution in [0.25, 0.3) is 0 Å². The van der Waals surface area contributed by atoms with Gasteiger partial charge in [0.25, 0.3) is 0 Å². The van der Waals surface area contributed by atoms with Gasteiger partial charge in [-0.2, -0.15) is 0 Å². The number of morpholine rings is 1. The summed E-state index contributed by atoms with van der Waals surface area (Å²) >= 11 is 0. The van der Waals surface area contributed by atoms with E-state index in [9.17, 15) is 0 Å². The molecule has 1 saturated carbocycles. The smallest absolute Gasteiger partial charge is 0.0594 e. The zero-order valence-electron chi connectivity index (χ0n) is 9.45. The summed E-state index contributed by atoms with van der Waals surface area (Å²) in [7, 11) is 0. The van der Waals surface area contributed by atoms with E-state index in [1.54, 1.807) is 0 Å². The van der Waals surface area contributed by atoms with Gasteiger partial charge in [0, 0.05) is 38.3 Å². The molecule has 2 fully saturated rings. The van der Waals surface area contributed by atoms with Crippen molar-refractivity contribution >= 4 is 0 Å². The average Bonchev–Trinajstić information content (AvgIpc) is 2.66. The maximum atomic E-state index is 5.87. The molecule has 0 aromatic heterocycles. The number of nitrogens with zero attached hydrogens (tertiary/aromatic N) is 1. The summed E-state index contributed by atoms with van der Waals surface area (Å²) in [6, 6.07) is 1.10. The fourth-order valence-corrected chi connectivity index (χ4v) is 2.45. The van der Waals surface area contributed by atoms with E-state index in [2.05, 4.69) is 10.2 Å². The molecule has 0 aromatic carbocycles. The van der Waals surface area contributed by atoms with Crippen molar-refractivity contribution in [1.82, 2.24) is 10.2 Å². The third-order valence-electron chi connectivity index (χ3n) is 3.44. The Hall–Kier alpha value is -0.160. The molecule has 2 atom stereocenters. The van der Waals surface area contributed by atoms with Crippen molar-refractivity contribution in [1.29, 1.82) is 0 Å². The van der Waals surface area contributed by atoms with Crippen molar-refractivity contribution < 1.29 is 4.74 Å². The summed E-state index contributed by atoms with van der Waals surface area (Å²) in [6.07, 6.45) is 3.60. The lowest BCUT2D eigenvalue weighted by Crippen LogP contribution is -2.42. The molecule has 1 aliphatic carbocycles. The molecule has 0 aromatic rings. The van der Waals surface area contributed by atoms with Crippen molar-refractivity contribution in [3.63, 3.8) is 0 Å². The Morgan fingerprint density at radius 1 is 1.27 bits per heavy atom. The second kappa shape index (κ2) is 5.80. The predicted octanol–water partition coefficient (Wildman–Crippen LogP) is -0.212. The summed E-state index contributed by atoms with van der Waals surface area (Å²) < 4.78 is 5.31. The minimum atomic E-state index is 0.436. The van der Waals surface area contributed by atoms with Crippen LogP contribution in [0.2, 0.25) is 0 Å². The zero-order valence-corrected chi connectivity index (χ0v) is 9.45. The van der Waals surface area contributed by atoms with E-state index in [0.717, 1.165) is 45.8 Å². The molecule has 0 radical (unpaired) electrons. The quantitative estimate of drug-likeness (QED) is 0.678. The summed E-state index contributed by atoms with van der Waals surface area (Å²) in [5.41, 5.74) is 5.87. The van der Waals surface area contributed by atoms with Gasteiger partial charge in [-0.25, -0.2) is 0 Å². The van der Waals surface area contributed by atoms with Crippen molar-refractivity contribution in [2.45, 2.75) is 31.3 Å². The van der Waals surface area contributed by atoms with Gasteiger partial charge in [0.05, 0.1) is 13.2 Å². The zero-order chi connectivity index (χ0) is 10.5. The summed E-state index contributed by atoms with van der Waals surface area (Å²) in [4.78, 5) is 2.46. The minimum absolute atomic E-state index is 0.436. The molecule has 2 rings (SSSR count). The molecular weight excluding hydrogens is 190 g/mol. The highest BCUT2D eigenvalue weighted by molar-refractivity contribution is 4.82. The Bertz CT molecular complexity index is 178. The molecule has 1 saturated heterocycles. The molecule has 1 aliphatic heterocycles. The molecule has 15 heavy (non-hydrogen) atoms. The average molecular weight is 213 g/mol. The van der Waals surface area contributed by atoms with Crippen LogP contribution in [0.4, 0.5) is 0 Å². The summed E-state index contributed by atoms with van der Waals surface area (Å²) in [5, 5.41) is 3.60. The maximum Gasteiger partial charge on any atom is 0.0594 e. The van der Waals surface area contributed by atoms with Gasteiger partial charge < -0.3 is 15.8 Å². The van der Waals surface area contributed by atoms with Crippen LogP contribution < -0.4 is 11.1 Å². The number of nitrogens with two attached hydrogens (primary N) is 1. The highest BCUT2D eigenvalue weighted by atomic mass is 16.5. The number of ether oxygens (including phenoxy) is 1. The molecule has 2 unspecified atom stereocenters. The third-order valence-corrected chi connectivity index (χ3v) is 3.44. The van der Waals surface area contributed by atoms with Crippen molar-refractivity contribution in [3.05, 3.63) is 0 Å². The first-order valence-corrected chi connectivity index (χ1v) is 6.13. The van der Waals surface area contributed by atoms with Gasteiger partial charge in [0.1, 0.15) is 0 Å². The fraction of sp³-hybridized carbons (Fsp3) is 1.00. The van der Waals surface area contributed by atoms with Gasteiger partial charge in [-0.05, 0) is 19.3 Å². The largest absolute Gasteiger partial charge is 0.379 e. The molecule has 0 bridgehead atoms. The van der Waals surface area contributed by atoms with Crippen molar-refractivity contribution in [2.24, 2.45) is 5.73 Å². The van der Waals surface area contributed by atoms with Gasteiger partial charge in [-0.15, -0.1) is 0 Å². The molecule has 3 N–H and O–H groups in total. The van der Waals surface area contributed by atoms with Gasteiger partial charge >= 0.3 is 0 Å². The Morgan fingerprint density at radius 2 is 2.07 bits per heavy atom. The standard InChI is InChI=1S/C11H23N3O/c12-10-1-2-11(9-10)13-3-4-14-5-7-15-8-6-14/h10-11,13H,1-9,12H2. The summed E-state index contributed by atoms with van der Waals surface area (Å²) in [5.74, 6) is 0. The van der Waals surface area contributed by atoms with Gasteiger partial charge in [-0.3, -0.25) is 4.90 Å². The fourth-order valence-electron chi connectivity index (χ4n) is 2.45. The normalized spacial score (nSPS) is 33.4. The molecule has 2 aliphatic rings. The monoisotopic (exact) mass is 213 g/mol. The van der Waals surface area contributed by atoms with E-state index in [1.165, 1.54) is 12.8 Å². The Morgan fingerprint density at radius 3 is 2.73 bits per heavy atom. The van der Waals surface area contributed by atoms with Crippen LogP contribution in [0.15, 0.2) is 0 Å². The van der Waals surface area contributed by atoms with E-state index >= 15 is 0 Å². The molecule has 1 heterocycles. The van der Waals surface area contributed by atoms with Gasteiger partial charge in [0.15, 0.2) is 0 Å². The van der Waals surface area contributed by atoms with E-state index < -0.39 is 0 Å². The second-order valence-corrected chi connectivity index (χ2v) is 4.68. The van der Waals surface area contributed by atoms with Crippen LogP contribution in [-0.4, -0.2) is 56.4 Å². The van der Waals surface area contributed by atoms with E-state index in [-0.39, 0.29) is 0 Å².